The van der Waals surface area contributed by atoms with Gasteiger partial charge in [-0.2, -0.15) is 10.4 Å². The van der Waals surface area contributed by atoms with Gasteiger partial charge in [0.2, 0.25) is 0 Å². The van der Waals surface area contributed by atoms with Gasteiger partial charge in [0.1, 0.15) is 27.3 Å². The number of aromatic nitrogens is 3. The first-order valence-electron chi connectivity index (χ1n) is 6.92. The third kappa shape index (κ3) is 2.07. The van der Waals surface area contributed by atoms with Gasteiger partial charge in [-0.1, -0.05) is 12.1 Å². The molecule has 2 heterocycles. The molecule has 0 amide bonds. The van der Waals surface area contributed by atoms with Crippen LogP contribution in [0.3, 0.4) is 0 Å². The van der Waals surface area contributed by atoms with E-state index in [0.717, 1.165) is 0 Å². The first-order valence-corrected chi connectivity index (χ1v) is 7.71. The highest BCUT2D eigenvalue weighted by molar-refractivity contribution is 9.10. The minimum absolute atomic E-state index is 0.132. The van der Waals surface area contributed by atoms with Gasteiger partial charge in [-0.25, -0.2) is 13.8 Å². The van der Waals surface area contributed by atoms with Gasteiger partial charge in [0, 0.05) is 10.8 Å². The molecule has 116 valence electrons. The van der Waals surface area contributed by atoms with E-state index in [1.165, 1.54) is 18.2 Å². The zero-order valence-corrected chi connectivity index (χ0v) is 13.5. The maximum Gasteiger partial charge on any atom is 0.135 e. The van der Waals surface area contributed by atoms with E-state index in [2.05, 4.69) is 31.1 Å². The van der Waals surface area contributed by atoms with Crippen molar-refractivity contribution in [3.05, 3.63) is 58.2 Å². The first-order chi connectivity index (χ1) is 11.6. The molecule has 7 heteroatoms. The molecule has 2 aromatic carbocycles. The van der Waals surface area contributed by atoms with E-state index in [-0.39, 0.29) is 11.3 Å². The summed E-state index contributed by atoms with van der Waals surface area (Å²) in [5.74, 6) is -1.43. The maximum absolute atomic E-state index is 14.3. The third-order valence-electron chi connectivity index (χ3n) is 3.78. The summed E-state index contributed by atoms with van der Waals surface area (Å²) in [6.45, 7) is 0. The van der Waals surface area contributed by atoms with Gasteiger partial charge in [-0.3, -0.25) is 5.10 Å². The number of benzene rings is 2. The normalized spacial score (nSPS) is 11.1. The molecule has 0 unspecified atom stereocenters. The van der Waals surface area contributed by atoms with Crippen molar-refractivity contribution in [1.82, 2.24) is 15.2 Å². The van der Waals surface area contributed by atoms with E-state index in [1.807, 2.05) is 6.07 Å². The summed E-state index contributed by atoms with van der Waals surface area (Å²) < 4.78 is 29.1. The van der Waals surface area contributed by atoms with Crippen molar-refractivity contribution in [2.24, 2.45) is 0 Å². The Labute approximate surface area is 142 Å². The Morgan fingerprint density at radius 1 is 1.04 bits per heavy atom. The highest BCUT2D eigenvalue weighted by atomic mass is 79.9. The fourth-order valence-corrected chi connectivity index (χ4v) is 3.07. The number of aromatic amines is 1. The lowest BCUT2D eigenvalue weighted by Gasteiger charge is -2.09. The van der Waals surface area contributed by atoms with Crippen molar-refractivity contribution in [2.45, 2.75) is 0 Å². The third-order valence-corrected chi connectivity index (χ3v) is 4.33. The van der Waals surface area contributed by atoms with E-state index in [0.29, 0.717) is 32.0 Å². The van der Waals surface area contributed by atoms with Crippen molar-refractivity contribution in [3.63, 3.8) is 0 Å². The number of nitrogens with zero attached hydrogens (tertiary/aromatic N) is 3. The second kappa shape index (κ2) is 5.35. The van der Waals surface area contributed by atoms with Crippen molar-refractivity contribution in [2.75, 3.05) is 0 Å². The second-order valence-electron chi connectivity index (χ2n) is 5.16. The number of fused-ring (bicyclic) bond motifs is 3. The summed E-state index contributed by atoms with van der Waals surface area (Å²) in [6.07, 6.45) is 0. The lowest BCUT2D eigenvalue weighted by atomic mass is 10.00. The van der Waals surface area contributed by atoms with Gasteiger partial charge in [0.15, 0.2) is 0 Å². The van der Waals surface area contributed by atoms with Crippen molar-refractivity contribution in [1.29, 1.82) is 5.26 Å². The molecule has 0 atom stereocenters. The number of nitrogens with one attached hydrogen (secondary N) is 1. The molecule has 1 N–H and O–H groups in total. The monoisotopic (exact) mass is 384 g/mol. The van der Waals surface area contributed by atoms with Crippen LogP contribution in [-0.2, 0) is 0 Å². The first kappa shape index (κ1) is 14.7. The Morgan fingerprint density at radius 2 is 1.79 bits per heavy atom. The largest absolute Gasteiger partial charge is 0.269 e. The zero-order chi connectivity index (χ0) is 16.8. The summed E-state index contributed by atoms with van der Waals surface area (Å²) in [5, 5.41) is 17.2. The molecule has 0 saturated heterocycles. The summed E-state index contributed by atoms with van der Waals surface area (Å²) in [5.41, 5.74) is 1.29. The van der Waals surface area contributed by atoms with Crippen molar-refractivity contribution >= 4 is 37.7 Å². The van der Waals surface area contributed by atoms with Crippen molar-refractivity contribution < 1.29 is 8.78 Å². The van der Waals surface area contributed by atoms with Crippen LogP contribution in [-0.4, -0.2) is 15.2 Å². The van der Waals surface area contributed by atoms with E-state index in [4.69, 9.17) is 5.26 Å². The molecule has 0 aliphatic rings. The van der Waals surface area contributed by atoms with Gasteiger partial charge >= 0.3 is 0 Å². The van der Waals surface area contributed by atoms with Crippen LogP contribution in [0.4, 0.5) is 8.78 Å². The van der Waals surface area contributed by atoms with Gasteiger partial charge in [0.25, 0.3) is 0 Å². The van der Waals surface area contributed by atoms with Crippen LogP contribution in [0.15, 0.2) is 41.0 Å². The van der Waals surface area contributed by atoms with Crippen LogP contribution >= 0.6 is 15.9 Å². The van der Waals surface area contributed by atoms with Gasteiger partial charge in [0.05, 0.1) is 22.9 Å². The van der Waals surface area contributed by atoms with Crippen LogP contribution in [0.1, 0.15) is 5.56 Å². The quantitative estimate of drug-likeness (QED) is 0.517. The highest BCUT2D eigenvalue weighted by Gasteiger charge is 2.20. The standard InChI is InChI=1S/C17H7BrF2N4/c18-17-16-15(23-24-17)9-5-4-8(7-21)6-10(9)14(22-16)13-11(19)2-1-3-12(13)20/h1-6H,(H,23,24). The second-order valence-corrected chi connectivity index (χ2v) is 5.96. The van der Waals surface area contributed by atoms with E-state index in [1.54, 1.807) is 18.2 Å². The van der Waals surface area contributed by atoms with Crippen LogP contribution in [0.2, 0.25) is 0 Å². The Balaban J connectivity index is 2.24. The number of H-pyrrole nitrogens is 1. The molecule has 4 rings (SSSR count). The molecule has 0 bridgehead atoms. The van der Waals surface area contributed by atoms with E-state index in [9.17, 15) is 8.78 Å². The van der Waals surface area contributed by atoms with Gasteiger partial charge in [-0.05, 0) is 40.2 Å². The van der Waals surface area contributed by atoms with E-state index < -0.39 is 11.6 Å². The molecule has 0 fully saturated rings. The highest BCUT2D eigenvalue weighted by Crippen LogP contribution is 2.36. The van der Waals surface area contributed by atoms with Gasteiger partial charge in [-0.15, -0.1) is 0 Å². The van der Waals surface area contributed by atoms with Crippen LogP contribution in [0.25, 0.3) is 33.1 Å². The molecule has 0 spiro atoms. The molecule has 0 aliphatic carbocycles. The Kier molecular flexibility index (Phi) is 3.28. The summed E-state index contributed by atoms with van der Waals surface area (Å²) >= 11 is 3.30. The number of hydrogen-bond donors (Lipinski definition) is 1. The SMILES string of the molecule is N#Cc1ccc2c(c1)c(-c1c(F)cccc1F)nc1c(Br)[nH]nc12. The Bertz CT molecular complexity index is 1140. The summed E-state index contributed by atoms with van der Waals surface area (Å²) in [6, 6.07) is 10.6. The number of pyridine rings is 1. The lowest BCUT2D eigenvalue weighted by Crippen LogP contribution is -1.95. The number of rotatable bonds is 1. The molecule has 2 aromatic heterocycles. The molecule has 0 aliphatic heterocycles. The molecule has 4 aromatic rings. The Hall–Kier alpha value is -2.85. The number of nitriles is 1. The average Bonchev–Trinajstić information content (AvgIpc) is 2.95. The summed E-state index contributed by atoms with van der Waals surface area (Å²) in [7, 11) is 0. The van der Waals surface area contributed by atoms with Gasteiger partial charge < -0.3 is 0 Å². The van der Waals surface area contributed by atoms with Crippen LogP contribution in [0.5, 0.6) is 0 Å². The molecule has 24 heavy (non-hydrogen) atoms. The predicted octanol–water partition coefficient (Wildman–Crippen LogP) is 4.69. The maximum atomic E-state index is 14.3. The van der Waals surface area contributed by atoms with Crippen molar-refractivity contribution in [3.8, 4) is 17.3 Å². The number of halogens is 3. The minimum Gasteiger partial charge on any atom is -0.269 e. The number of hydrogen-bond acceptors (Lipinski definition) is 3. The smallest absolute Gasteiger partial charge is 0.135 e. The minimum atomic E-state index is -0.717. The molecule has 0 radical (unpaired) electrons. The average molecular weight is 385 g/mol. The lowest BCUT2D eigenvalue weighted by molar-refractivity contribution is 0.589. The fourth-order valence-electron chi connectivity index (χ4n) is 2.71. The topological polar surface area (TPSA) is 65.4 Å². The molecule has 4 nitrogen and oxygen atoms in total. The van der Waals surface area contributed by atoms with E-state index >= 15 is 0 Å². The zero-order valence-electron chi connectivity index (χ0n) is 11.9. The molecular weight excluding hydrogens is 378 g/mol. The molecular formula is C17H7BrF2N4. The fraction of sp³-hybridized carbons (Fsp3) is 0. The van der Waals surface area contributed by atoms with Crippen LogP contribution in [0, 0.1) is 23.0 Å². The predicted molar refractivity (Wildman–Crippen MR) is 89.2 cm³/mol. The Morgan fingerprint density at radius 3 is 2.50 bits per heavy atom. The molecule has 0 saturated carbocycles. The summed E-state index contributed by atoms with van der Waals surface area (Å²) in [4.78, 5) is 4.40. The van der Waals surface area contributed by atoms with Crippen LogP contribution < -0.4 is 0 Å².